The van der Waals surface area contributed by atoms with Crippen LogP contribution in [0.5, 0.6) is 5.75 Å². The molecule has 3 heteroatoms. The lowest BCUT2D eigenvalue weighted by molar-refractivity contribution is 0.414. The maximum atomic E-state index is 5.15. The molecule has 0 aromatic heterocycles. The molecule has 0 bridgehead atoms. The van der Waals surface area contributed by atoms with Crippen molar-refractivity contribution in [1.29, 1.82) is 0 Å². The minimum atomic E-state index is 0.860. The molecule has 0 radical (unpaired) electrons. The number of nitrogens with zero attached hydrogens (tertiary/aromatic N) is 1. The Hall–Kier alpha value is -2.42. The van der Waals surface area contributed by atoms with Crippen molar-refractivity contribution < 1.29 is 4.74 Å². The van der Waals surface area contributed by atoms with Gasteiger partial charge in [0.15, 0.2) is 0 Å². The zero-order chi connectivity index (χ0) is 13.1. The van der Waals surface area contributed by atoms with E-state index in [1.165, 1.54) is 11.1 Å². The molecule has 0 atom stereocenters. The van der Waals surface area contributed by atoms with Crippen molar-refractivity contribution in [2.75, 3.05) is 12.5 Å². The second kappa shape index (κ2) is 5.06. The maximum absolute atomic E-state index is 5.15. The van der Waals surface area contributed by atoms with Gasteiger partial charge in [-0.25, -0.2) is 0 Å². The first-order valence-electron chi connectivity index (χ1n) is 6.28. The van der Waals surface area contributed by atoms with Crippen LogP contribution in [0.25, 0.3) is 6.08 Å². The van der Waals surface area contributed by atoms with E-state index in [0.717, 1.165) is 18.0 Å². The molecule has 96 valence electrons. The van der Waals surface area contributed by atoms with Gasteiger partial charge in [-0.05, 0) is 41.5 Å². The number of ether oxygens (including phenoxy) is 1. The van der Waals surface area contributed by atoms with Crippen molar-refractivity contribution in [1.82, 2.24) is 5.01 Å². The number of fused-ring (bicyclic) bond motifs is 1. The summed E-state index contributed by atoms with van der Waals surface area (Å²) in [6, 6.07) is 16.3. The number of hydrazine groups is 1. The average molecular weight is 252 g/mol. The smallest absolute Gasteiger partial charge is 0.119 e. The summed E-state index contributed by atoms with van der Waals surface area (Å²) in [6.45, 7) is 0.860. The normalized spacial score (nSPS) is 13.0. The fourth-order valence-electron chi connectivity index (χ4n) is 2.16. The number of hydrogen-bond acceptors (Lipinski definition) is 3. The van der Waals surface area contributed by atoms with E-state index in [2.05, 4.69) is 47.0 Å². The first-order chi connectivity index (χ1) is 9.35. The van der Waals surface area contributed by atoms with E-state index in [4.69, 9.17) is 4.74 Å². The summed E-state index contributed by atoms with van der Waals surface area (Å²) in [5.74, 6) is 0.866. The molecule has 0 unspecified atom stereocenters. The minimum Gasteiger partial charge on any atom is -0.497 e. The van der Waals surface area contributed by atoms with Crippen LogP contribution in [0.3, 0.4) is 0 Å². The first kappa shape index (κ1) is 11.7. The Morgan fingerprint density at radius 3 is 2.63 bits per heavy atom. The Kier molecular flexibility index (Phi) is 3.11. The lowest BCUT2D eigenvalue weighted by Crippen LogP contribution is -2.25. The van der Waals surface area contributed by atoms with Gasteiger partial charge in [-0.15, -0.1) is 0 Å². The predicted octanol–water partition coefficient (Wildman–Crippen LogP) is 3.51. The van der Waals surface area contributed by atoms with Crippen LogP contribution in [0.2, 0.25) is 0 Å². The van der Waals surface area contributed by atoms with Gasteiger partial charge < -0.3 is 4.74 Å². The van der Waals surface area contributed by atoms with Crippen LogP contribution in [0.4, 0.5) is 5.69 Å². The number of nitrogens with one attached hydrogen (secondary N) is 1. The Balaban J connectivity index is 1.72. The van der Waals surface area contributed by atoms with Crippen molar-refractivity contribution in [3.05, 3.63) is 65.9 Å². The zero-order valence-corrected chi connectivity index (χ0v) is 10.8. The summed E-state index contributed by atoms with van der Waals surface area (Å²) < 4.78 is 5.15. The summed E-state index contributed by atoms with van der Waals surface area (Å²) in [6.07, 6.45) is 4.18. The number of anilines is 1. The largest absolute Gasteiger partial charge is 0.497 e. The highest BCUT2D eigenvalue weighted by atomic mass is 16.5. The Morgan fingerprint density at radius 1 is 1.05 bits per heavy atom. The standard InChI is InChI=1S/C16H16N2O/c1-19-16-8-6-15(7-9-16)17-18-11-10-13-4-2-3-5-14(13)12-18/h2-11,17H,12H2,1H3. The Morgan fingerprint density at radius 2 is 1.84 bits per heavy atom. The number of hydrogen-bond donors (Lipinski definition) is 1. The van der Waals surface area contributed by atoms with Crippen LogP contribution >= 0.6 is 0 Å². The molecular formula is C16H16N2O. The lowest BCUT2D eigenvalue weighted by Gasteiger charge is -2.26. The van der Waals surface area contributed by atoms with Gasteiger partial charge in [0.1, 0.15) is 5.75 Å². The fraction of sp³-hybridized carbons (Fsp3) is 0.125. The van der Waals surface area contributed by atoms with Crippen LogP contribution in [0, 0.1) is 0 Å². The van der Waals surface area contributed by atoms with Gasteiger partial charge >= 0.3 is 0 Å². The van der Waals surface area contributed by atoms with Crippen LogP contribution in [-0.4, -0.2) is 12.1 Å². The van der Waals surface area contributed by atoms with Crippen molar-refractivity contribution in [2.24, 2.45) is 0 Å². The number of methoxy groups -OCH3 is 1. The summed E-state index contributed by atoms with van der Waals surface area (Å²) in [5.41, 5.74) is 7.02. The number of rotatable bonds is 3. The zero-order valence-electron chi connectivity index (χ0n) is 10.8. The molecule has 1 aliphatic rings. The summed E-state index contributed by atoms with van der Waals surface area (Å²) in [4.78, 5) is 0. The van der Waals surface area contributed by atoms with E-state index in [0.29, 0.717) is 0 Å². The van der Waals surface area contributed by atoms with E-state index in [1.807, 2.05) is 24.3 Å². The second-order valence-electron chi connectivity index (χ2n) is 4.48. The van der Waals surface area contributed by atoms with Crippen LogP contribution in [0.1, 0.15) is 11.1 Å². The van der Waals surface area contributed by atoms with Crippen LogP contribution in [-0.2, 0) is 6.54 Å². The van der Waals surface area contributed by atoms with Gasteiger partial charge in [0.25, 0.3) is 0 Å². The van der Waals surface area contributed by atoms with Crippen LogP contribution < -0.4 is 10.2 Å². The molecule has 3 nitrogen and oxygen atoms in total. The molecule has 0 saturated heterocycles. The van der Waals surface area contributed by atoms with Crippen molar-refractivity contribution in [3.63, 3.8) is 0 Å². The molecule has 0 spiro atoms. The van der Waals surface area contributed by atoms with Gasteiger partial charge in [0.05, 0.1) is 19.3 Å². The SMILES string of the molecule is COc1ccc(NN2C=Cc3ccccc3C2)cc1. The third kappa shape index (κ3) is 2.55. The van der Waals surface area contributed by atoms with Crippen molar-refractivity contribution in [2.45, 2.75) is 6.54 Å². The molecule has 19 heavy (non-hydrogen) atoms. The van der Waals surface area contributed by atoms with Crippen molar-refractivity contribution in [3.8, 4) is 5.75 Å². The topological polar surface area (TPSA) is 24.5 Å². The van der Waals surface area contributed by atoms with Crippen LogP contribution in [0.15, 0.2) is 54.7 Å². The quantitative estimate of drug-likeness (QED) is 0.904. The fourth-order valence-corrected chi connectivity index (χ4v) is 2.16. The highest BCUT2D eigenvalue weighted by molar-refractivity contribution is 5.56. The van der Waals surface area contributed by atoms with Gasteiger partial charge in [-0.3, -0.25) is 10.4 Å². The van der Waals surface area contributed by atoms with Gasteiger partial charge in [0.2, 0.25) is 0 Å². The van der Waals surface area contributed by atoms with E-state index >= 15 is 0 Å². The highest BCUT2D eigenvalue weighted by Gasteiger charge is 2.09. The maximum Gasteiger partial charge on any atom is 0.119 e. The molecule has 2 aromatic rings. The molecule has 0 amide bonds. The number of benzene rings is 2. The first-order valence-corrected chi connectivity index (χ1v) is 6.28. The molecule has 2 aromatic carbocycles. The molecule has 3 rings (SSSR count). The van der Waals surface area contributed by atoms with Gasteiger partial charge in [-0.2, -0.15) is 0 Å². The predicted molar refractivity (Wildman–Crippen MR) is 77.6 cm³/mol. The Bertz CT molecular complexity index is 590. The molecule has 1 aliphatic heterocycles. The third-order valence-electron chi connectivity index (χ3n) is 3.19. The molecule has 1 N–H and O–H groups in total. The van der Waals surface area contributed by atoms with E-state index in [-0.39, 0.29) is 0 Å². The molecular weight excluding hydrogens is 236 g/mol. The summed E-state index contributed by atoms with van der Waals surface area (Å²) in [5, 5.41) is 2.07. The monoisotopic (exact) mass is 252 g/mol. The lowest BCUT2D eigenvalue weighted by atomic mass is 10.1. The molecule has 0 aliphatic carbocycles. The summed E-state index contributed by atoms with van der Waals surface area (Å²) >= 11 is 0. The second-order valence-corrected chi connectivity index (χ2v) is 4.48. The van der Waals surface area contributed by atoms with Gasteiger partial charge in [0, 0.05) is 6.20 Å². The van der Waals surface area contributed by atoms with Crippen molar-refractivity contribution >= 4 is 11.8 Å². The molecule has 1 heterocycles. The van der Waals surface area contributed by atoms with Gasteiger partial charge in [-0.1, -0.05) is 24.3 Å². The highest BCUT2D eigenvalue weighted by Crippen LogP contribution is 2.21. The Labute approximate surface area is 113 Å². The van der Waals surface area contributed by atoms with E-state index in [1.54, 1.807) is 7.11 Å². The third-order valence-corrected chi connectivity index (χ3v) is 3.19. The van der Waals surface area contributed by atoms with E-state index < -0.39 is 0 Å². The van der Waals surface area contributed by atoms with E-state index in [9.17, 15) is 0 Å². The average Bonchev–Trinajstić information content (AvgIpc) is 2.48. The molecule has 0 fully saturated rings. The molecule has 0 saturated carbocycles. The summed E-state index contributed by atoms with van der Waals surface area (Å²) in [7, 11) is 1.67. The minimum absolute atomic E-state index is 0.860.